The van der Waals surface area contributed by atoms with E-state index in [9.17, 15) is 14.0 Å². The topological polar surface area (TPSA) is 85.8 Å². The van der Waals surface area contributed by atoms with Crippen LogP contribution >= 0.6 is 0 Å². The molecule has 6 heterocycles. The summed E-state index contributed by atoms with van der Waals surface area (Å²) >= 11 is 0. The number of nitrogens with zero attached hydrogens (tertiary/aromatic N) is 8. The van der Waals surface area contributed by atoms with Gasteiger partial charge < -0.3 is 14.5 Å². The molecule has 0 amide bonds. The van der Waals surface area contributed by atoms with Crippen molar-refractivity contribution in [2.75, 3.05) is 56.2 Å². The van der Waals surface area contributed by atoms with E-state index in [2.05, 4.69) is 26.0 Å². The number of ether oxygens (including phenoxy) is 1. The average molecular weight is 531 g/mol. The Morgan fingerprint density at radius 1 is 1.00 bits per heavy atom. The lowest BCUT2D eigenvalue weighted by atomic mass is 10.0. The Hall–Kier alpha value is -4.30. The summed E-state index contributed by atoms with van der Waals surface area (Å²) in [4.78, 5) is 15.3. The standard InChI is InChI=1S/C28H28F2N8O/c1-39-26-5-2-20(14-33-26)17-35-8-10-36(11-9-35)25-4-3-21(15-32-25)24-12-23(37-7-6-28(29,30)19-37)18-38-27(24)22(13-31)16-34-38/h2-5,12,14-16,18H,6-11,17,19H2,1H3. The highest BCUT2D eigenvalue weighted by molar-refractivity contribution is 5.86. The lowest BCUT2D eigenvalue weighted by molar-refractivity contribution is 0.0257. The molecule has 0 spiro atoms. The van der Waals surface area contributed by atoms with Gasteiger partial charge in [-0.3, -0.25) is 4.90 Å². The van der Waals surface area contributed by atoms with Gasteiger partial charge in [0.05, 0.1) is 42.8 Å². The van der Waals surface area contributed by atoms with E-state index in [-0.39, 0.29) is 19.5 Å². The molecule has 11 heteroatoms. The molecule has 200 valence electrons. The average Bonchev–Trinajstić information content (AvgIpc) is 3.56. The molecule has 2 aliphatic rings. The van der Waals surface area contributed by atoms with E-state index in [1.807, 2.05) is 36.5 Å². The molecule has 39 heavy (non-hydrogen) atoms. The van der Waals surface area contributed by atoms with Gasteiger partial charge in [-0.1, -0.05) is 6.07 Å². The maximum Gasteiger partial charge on any atom is 0.266 e. The Morgan fingerprint density at radius 3 is 2.49 bits per heavy atom. The van der Waals surface area contributed by atoms with Gasteiger partial charge in [-0.15, -0.1) is 0 Å². The Balaban J connectivity index is 1.19. The summed E-state index contributed by atoms with van der Waals surface area (Å²) in [7, 11) is 1.61. The predicted molar refractivity (Wildman–Crippen MR) is 143 cm³/mol. The van der Waals surface area contributed by atoms with E-state index in [1.165, 1.54) is 6.20 Å². The zero-order valence-electron chi connectivity index (χ0n) is 21.6. The maximum absolute atomic E-state index is 13.9. The molecule has 4 aromatic heterocycles. The van der Waals surface area contributed by atoms with Crippen LogP contribution in [-0.4, -0.2) is 76.8 Å². The summed E-state index contributed by atoms with van der Waals surface area (Å²) in [6, 6.07) is 11.9. The van der Waals surface area contributed by atoms with Gasteiger partial charge in [-0.2, -0.15) is 10.4 Å². The number of methoxy groups -OCH3 is 1. The minimum atomic E-state index is -2.71. The van der Waals surface area contributed by atoms with Crippen LogP contribution in [0.2, 0.25) is 0 Å². The molecular weight excluding hydrogens is 502 g/mol. The molecule has 0 bridgehead atoms. The van der Waals surface area contributed by atoms with Gasteiger partial charge >= 0.3 is 0 Å². The van der Waals surface area contributed by atoms with Crippen molar-refractivity contribution in [3.8, 4) is 23.1 Å². The third kappa shape index (κ3) is 5.07. The molecule has 0 unspecified atom stereocenters. The van der Waals surface area contributed by atoms with E-state index in [1.54, 1.807) is 28.9 Å². The number of fused-ring (bicyclic) bond motifs is 1. The van der Waals surface area contributed by atoms with Crippen LogP contribution in [0, 0.1) is 11.3 Å². The van der Waals surface area contributed by atoms with Crippen LogP contribution in [-0.2, 0) is 6.54 Å². The largest absolute Gasteiger partial charge is 0.481 e. The number of hydrogen-bond donors (Lipinski definition) is 0. The molecule has 0 aliphatic carbocycles. The molecule has 0 saturated carbocycles. The van der Waals surface area contributed by atoms with Gasteiger partial charge in [0.15, 0.2) is 0 Å². The second-order valence-electron chi connectivity index (χ2n) is 9.98. The normalized spacial score (nSPS) is 17.5. The van der Waals surface area contributed by atoms with Crippen LogP contribution in [0.3, 0.4) is 0 Å². The van der Waals surface area contributed by atoms with Crippen LogP contribution < -0.4 is 14.5 Å². The fourth-order valence-electron chi connectivity index (χ4n) is 5.29. The second kappa shape index (κ2) is 10.1. The fourth-order valence-corrected chi connectivity index (χ4v) is 5.29. The van der Waals surface area contributed by atoms with Gasteiger partial charge in [-0.25, -0.2) is 23.3 Å². The van der Waals surface area contributed by atoms with Crippen LogP contribution in [0.4, 0.5) is 20.3 Å². The molecule has 6 rings (SSSR count). The van der Waals surface area contributed by atoms with E-state index in [4.69, 9.17) is 9.72 Å². The quantitative estimate of drug-likeness (QED) is 0.372. The first-order valence-electron chi connectivity index (χ1n) is 12.9. The van der Waals surface area contributed by atoms with E-state index in [0.717, 1.165) is 55.2 Å². The van der Waals surface area contributed by atoms with Crippen molar-refractivity contribution in [3.63, 3.8) is 0 Å². The first-order valence-corrected chi connectivity index (χ1v) is 12.9. The Morgan fingerprint density at radius 2 is 1.85 bits per heavy atom. The van der Waals surface area contributed by atoms with Crippen LogP contribution in [0.5, 0.6) is 5.88 Å². The summed E-state index contributed by atoms with van der Waals surface area (Å²) in [5.41, 5.74) is 4.41. The van der Waals surface area contributed by atoms with Crippen LogP contribution in [0.1, 0.15) is 17.5 Å². The predicted octanol–water partition coefficient (Wildman–Crippen LogP) is 3.84. The molecule has 0 atom stereocenters. The monoisotopic (exact) mass is 530 g/mol. The summed E-state index contributed by atoms with van der Waals surface area (Å²) in [6.07, 6.45) is 6.68. The van der Waals surface area contributed by atoms with E-state index in [0.29, 0.717) is 22.6 Å². The molecule has 2 fully saturated rings. The van der Waals surface area contributed by atoms with Gasteiger partial charge in [0, 0.05) is 75.3 Å². The highest BCUT2D eigenvalue weighted by atomic mass is 19.3. The fraction of sp³-hybridized carbons (Fsp3) is 0.357. The van der Waals surface area contributed by atoms with Crippen molar-refractivity contribution in [1.29, 1.82) is 5.26 Å². The smallest absolute Gasteiger partial charge is 0.266 e. The third-order valence-electron chi connectivity index (χ3n) is 7.42. The number of hydrogen-bond acceptors (Lipinski definition) is 8. The number of piperazine rings is 1. The SMILES string of the molecule is COc1ccc(CN2CCN(c3ccc(-c4cc(N5CCC(F)(F)C5)cn5ncc(C#N)c45)cn3)CC2)cn1. The summed E-state index contributed by atoms with van der Waals surface area (Å²) in [5, 5.41) is 14.0. The maximum atomic E-state index is 13.9. The number of pyridine rings is 3. The number of aromatic nitrogens is 4. The number of nitriles is 1. The number of halogens is 2. The lowest BCUT2D eigenvalue weighted by Crippen LogP contribution is -2.46. The molecule has 9 nitrogen and oxygen atoms in total. The van der Waals surface area contributed by atoms with Crippen molar-refractivity contribution in [2.45, 2.75) is 18.9 Å². The zero-order valence-corrected chi connectivity index (χ0v) is 21.6. The van der Waals surface area contributed by atoms with E-state index >= 15 is 0 Å². The van der Waals surface area contributed by atoms with Crippen molar-refractivity contribution < 1.29 is 13.5 Å². The van der Waals surface area contributed by atoms with Crippen LogP contribution in [0.25, 0.3) is 16.6 Å². The first kappa shape index (κ1) is 25.0. The minimum Gasteiger partial charge on any atom is -0.481 e. The van der Waals surface area contributed by atoms with Gasteiger partial charge in [0.1, 0.15) is 11.9 Å². The molecule has 2 aliphatic heterocycles. The number of anilines is 2. The van der Waals surface area contributed by atoms with Gasteiger partial charge in [0.25, 0.3) is 5.92 Å². The molecule has 4 aromatic rings. The van der Waals surface area contributed by atoms with Gasteiger partial charge in [-0.05, 0) is 23.8 Å². The molecule has 0 radical (unpaired) electrons. The summed E-state index contributed by atoms with van der Waals surface area (Å²) < 4.78 is 34.6. The molecule has 0 aromatic carbocycles. The summed E-state index contributed by atoms with van der Waals surface area (Å²) in [5.74, 6) is -1.22. The second-order valence-corrected chi connectivity index (χ2v) is 9.98. The van der Waals surface area contributed by atoms with Gasteiger partial charge in [0.2, 0.25) is 5.88 Å². The molecule has 2 saturated heterocycles. The Labute approximate surface area is 224 Å². The first-order chi connectivity index (χ1) is 18.9. The van der Waals surface area contributed by atoms with Crippen molar-refractivity contribution in [3.05, 3.63) is 66.2 Å². The molecular formula is C28H28F2N8O. The number of alkyl halides is 2. The third-order valence-corrected chi connectivity index (χ3v) is 7.42. The highest BCUT2D eigenvalue weighted by Crippen LogP contribution is 2.35. The van der Waals surface area contributed by atoms with Crippen molar-refractivity contribution >= 4 is 17.0 Å². The van der Waals surface area contributed by atoms with Crippen LogP contribution in [0.15, 0.2) is 55.1 Å². The highest BCUT2D eigenvalue weighted by Gasteiger charge is 2.38. The Kier molecular flexibility index (Phi) is 6.48. The minimum absolute atomic E-state index is 0.177. The zero-order chi connectivity index (χ0) is 27.0. The lowest BCUT2D eigenvalue weighted by Gasteiger charge is -2.35. The number of rotatable bonds is 6. The van der Waals surface area contributed by atoms with Crippen molar-refractivity contribution in [1.82, 2.24) is 24.5 Å². The Bertz CT molecular complexity index is 1510. The molecule has 0 N–H and O–H groups in total. The van der Waals surface area contributed by atoms with Crippen molar-refractivity contribution in [2.24, 2.45) is 0 Å². The summed E-state index contributed by atoms with van der Waals surface area (Å²) in [6.45, 7) is 4.27. The van der Waals surface area contributed by atoms with E-state index < -0.39 is 5.92 Å².